The summed E-state index contributed by atoms with van der Waals surface area (Å²) in [6.07, 6.45) is 0. The lowest BCUT2D eigenvalue weighted by Gasteiger charge is -2.18. The molecule has 0 aromatic heterocycles. The summed E-state index contributed by atoms with van der Waals surface area (Å²) >= 11 is 0. The lowest BCUT2D eigenvalue weighted by atomic mass is 10.1. The number of aryl methyl sites for hydroxylation is 1. The minimum atomic E-state index is 0.194. The van der Waals surface area contributed by atoms with Crippen LogP contribution < -0.4 is 15.4 Å². The van der Waals surface area contributed by atoms with Crippen LogP contribution in [0, 0.1) is 6.92 Å². The van der Waals surface area contributed by atoms with E-state index in [0.29, 0.717) is 6.54 Å². The fourth-order valence-corrected chi connectivity index (χ4v) is 2.46. The summed E-state index contributed by atoms with van der Waals surface area (Å²) in [7, 11) is 3.48. The standard InChI is InChI=1S/C19H25N3O/c1-14-12-16(10-11-18(14)23-4)13-21-19(20-3)22-15(2)17-8-6-5-7-9-17/h5-12,15H,13H2,1-4H3,(H2,20,21,22). The maximum Gasteiger partial charge on any atom is 0.191 e. The van der Waals surface area contributed by atoms with E-state index in [-0.39, 0.29) is 6.04 Å². The second-order valence-corrected chi connectivity index (χ2v) is 5.51. The average molecular weight is 311 g/mol. The molecule has 0 saturated heterocycles. The highest BCUT2D eigenvalue weighted by Crippen LogP contribution is 2.18. The van der Waals surface area contributed by atoms with Crippen LogP contribution in [0.4, 0.5) is 0 Å². The summed E-state index contributed by atoms with van der Waals surface area (Å²) in [4.78, 5) is 4.29. The minimum absolute atomic E-state index is 0.194. The number of ether oxygens (including phenoxy) is 1. The van der Waals surface area contributed by atoms with Crippen LogP contribution in [0.2, 0.25) is 0 Å². The molecule has 23 heavy (non-hydrogen) atoms. The molecule has 2 N–H and O–H groups in total. The largest absolute Gasteiger partial charge is 0.496 e. The van der Waals surface area contributed by atoms with E-state index < -0.39 is 0 Å². The normalized spacial score (nSPS) is 12.6. The Morgan fingerprint density at radius 2 is 1.91 bits per heavy atom. The van der Waals surface area contributed by atoms with Gasteiger partial charge in [-0.3, -0.25) is 4.99 Å². The highest BCUT2D eigenvalue weighted by molar-refractivity contribution is 5.80. The van der Waals surface area contributed by atoms with Gasteiger partial charge in [-0.15, -0.1) is 0 Å². The van der Waals surface area contributed by atoms with Crippen LogP contribution in [0.1, 0.15) is 29.7 Å². The quantitative estimate of drug-likeness (QED) is 0.657. The topological polar surface area (TPSA) is 45.7 Å². The first-order valence-electron chi connectivity index (χ1n) is 7.79. The molecule has 0 aliphatic heterocycles. The number of hydrogen-bond donors (Lipinski definition) is 2. The van der Waals surface area contributed by atoms with Crippen molar-refractivity contribution in [2.24, 2.45) is 4.99 Å². The number of guanidine groups is 1. The molecule has 122 valence electrons. The van der Waals surface area contributed by atoms with E-state index in [1.807, 2.05) is 31.2 Å². The lowest BCUT2D eigenvalue weighted by molar-refractivity contribution is 0.411. The van der Waals surface area contributed by atoms with E-state index in [9.17, 15) is 0 Å². The Morgan fingerprint density at radius 3 is 2.52 bits per heavy atom. The van der Waals surface area contributed by atoms with Crippen LogP contribution in [-0.4, -0.2) is 20.1 Å². The van der Waals surface area contributed by atoms with E-state index in [1.165, 1.54) is 11.1 Å². The number of benzene rings is 2. The van der Waals surface area contributed by atoms with Crippen LogP contribution in [0.15, 0.2) is 53.5 Å². The third-order valence-corrected chi connectivity index (χ3v) is 3.80. The van der Waals surface area contributed by atoms with Gasteiger partial charge in [0.05, 0.1) is 13.2 Å². The first kappa shape index (κ1) is 16.9. The first-order valence-corrected chi connectivity index (χ1v) is 7.79. The third kappa shape index (κ3) is 4.74. The van der Waals surface area contributed by atoms with Crippen LogP contribution in [0.5, 0.6) is 5.75 Å². The predicted octanol–water partition coefficient (Wildman–Crippen LogP) is 3.43. The van der Waals surface area contributed by atoms with E-state index in [2.05, 4.69) is 46.8 Å². The molecule has 1 unspecified atom stereocenters. The van der Waals surface area contributed by atoms with Gasteiger partial charge in [-0.05, 0) is 36.6 Å². The van der Waals surface area contributed by atoms with Crippen molar-refractivity contribution in [3.8, 4) is 5.75 Å². The molecule has 0 aliphatic rings. The Balaban J connectivity index is 1.94. The van der Waals surface area contributed by atoms with Gasteiger partial charge in [0.1, 0.15) is 5.75 Å². The molecule has 0 amide bonds. The highest BCUT2D eigenvalue weighted by Gasteiger charge is 2.07. The van der Waals surface area contributed by atoms with Gasteiger partial charge in [-0.1, -0.05) is 42.5 Å². The summed E-state index contributed by atoms with van der Waals surface area (Å²) in [5.41, 5.74) is 3.56. The second-order valence-electron chi connectivity index (χ2n) is 5.51. The molecule has 1 atom stereocenters. The Kier molecular flexibility index (Phi) is 6.03. The predicted molar refractivity (Wildman–Crippen MR) is 95.9 cm³/mol. The van der Waals surface area contributed by atoms with Crippen molar-refractivity contribution in [3.63, 3.8) is 0 Å². The molecule has 2 rings (SSSR count). The maximum atomic E-state index is 5.29. The smallest absolute Gasteiger partial charge is 0.191 e. The molecule has 2 aromatic carbocycles. The highest BCUT2D eigenvalue weighted by atomic mass is 16.5. The first-order chi connectivity index (χ1) is 11.1. The minimum Gasteiger partial charge on any atom is -0.496 e. The lowest BCUT2D eigenvalue weighted by Crippen LogP contribution is -2.38. The molecular formula is C19H25N3O. The van der Waals surface area contributed by atoms with Crippen LogP contribution >= 0.6 is 0 Å². The number of aliphatic imine (C=N–C) groups is 1. The summed E-state index contributed by atoms with van der Waals surface area (Å²) < 4.78 is 5.29. The SMILES string of the molecule is CN=C(NCc1ccc(OC)c(C)c1)NC(C)c1ccccc1. The molecule has 4 nitrogen and oxygen atoms in total. The molecule has 0 aliphatic carbocycles. The number of nitrogens with zero attached hydrogens (tertiary/aromatic N) is 1. The van der Waals surface area contributed by atoms with Gasteiger partial charge in [-0.25, -0.2) is 0 Å². The fraction of sp³-hybridized carbons (Fsp3) is 0.316. The van der Waals surface area contributed by atoms with Gasteiger partial charge in [0.2, 0.25) is 0 Å². The van der Waals surface area contributed by atoms with E-state index in [4.69, 9.17) is 4.74 Å². The molecule has 0 fully saturated rings. The molecule has 0 heterocycles. The molecule has 0 radical (unpaired) electrons. The Bertz CT molecular complexity index is 653. The molecular weight excluding hydrogens is 286 g/mol. The Morgan fingerprint density at radius 1 is 1.17 bits per heavy atom. The number of methoxy groups -OCH3 is 1. The number of nitrogens with one attached hydrogen (secondary N) is 2. The summed E-state index contributed by atoms with van der Waals surface area (Å²) in [6, 6.07) is 16.7. The van der Waals surface area contributed by atoms with Crippen molar-refractivity contribution in [2.75, 3.05) is 14.2 Å². The number of hydrogen-bond acceptors (Lipinski definition) is 2. The average Bonchev–Trinajstić information content (AvgIpc) is 2.59. The van der Waals surface area contributed by atoms with Crippen molar-refractivity contribution in [1.82, 2.24) is 10.6 Å². The van der Waals surface area contributed by atoms with Crippen LogP contribution in [0.25, 0.3) is 0 Å². The molecule has 0 bridgehead atoms. The van der Waals surface area contributed by atoms with Gasteiger partial charge in [-0.2, -0.15) is 0 Å². The van der Waals surface area contributed by atoms with Crippen molar-refractivity contribution < 1.29 is 4.74 Å². The monoisotopic (exact) mass is 311 g/mol. The summed E-state index contributed by atoms with van der Waals surface area (Å²) in [5.74, 6) is 1.70. The molecule has 0 spiro atoms. The van der Waals surface area contributed by atoms with Gasteiger partial charge >= 0.3 is 0 Å². The van der Waals surface area contributed by atoms with Gasteiger partial charge in [0, 0.05) is 13.6 Å². The van der Waals surface area contributed by atoms with Crippen LogP contribution in [-0.2, 0) is 6.54 Å². The molecule has 0 saturated carbocycles. The zero-order valence-corrected chi connectivity index (χ0v) is 14.3. The summed E-state index contributed by atoms with van der Waals surface area (Å²) in [5, 5.41) is 6.75. The Hall–Kier alpha value is -2.49. The molecule has 4 heteroatoms. The van der Waals surface area contributed by atoms with E-state index in [1.54, 1.807) is 14.2 Å². The van der Waals surface area contributed by atoms with Crippen molar-refractivity contribution in [1.29, 1.82) is 0 Å². The zero-order chi connectivity index (χ0) is 16.7. The number of rotatable bonds is 5. The summed E-state index contributed by atoms with van der Waals surface area (Å²) in [6.45, 7) is 4.89. The molecule has 2 aromatic rings. The van der Waals surface area contributed by atoms with E-state index in [0.717, 1.165) is 17.3 Å². The van der Waals surface area contributed by atoms with Gasteiger partial charge in [0.15, 0.2) is 5.96 Å². The second kappa shape index (κ2) is 8.22. The third-order valence-electron chi connectivity index (χ3n) is 3.80. The zero-order valence-electron chi connectivity index (χ0n) is 14.3. The van der Waals surface area contributed by atoms with Crippen molar-refractivity contribution >= 4 is 5.96 Å². The van der Waals surface area contributed by atoms with Crippen molar-refractivity contribution in [2.45, 2.75) is 26.4 Å². The van der Waals surface area contributed by atoms with Crippen LogP contribution in [0.3, 0.4) is 0 Å². The fourth-order valence-electron chi connectivity index (χ4n) is 2.46. The maximum absolute atomic E-state index is 5.29. The van der Waals surface area contributed by atoms with Gasteiger partial charge in [0.25, 0.3) is 0 Å². The van der Waals surface area contributed by atoms with E-state index >= 15 is 0 Å². The van der Waals surface area contributed by atoms with Crippen molar-refractivity contribution in [3.05, 3.63) is 65.2 Å². The Labute approximate surface area is 138 Å². The van der Waals surface area contributed by atoms with Gasteiger partial charge < -0.3 is 15.4 Å².